The van der Waals surface area contributed by atoms with E-state index < -0.39 is 5.41 Å². The smallest absolute Gasteiger partial charge is 0.239 e. The third kappa shape index (κ3) is 2.60. The lowest BCUT2D eigenvalue weighted by Crippen LogP contribution is -2.56. The van der Waals surface area contributed by atoms with Gasteiger partial charge in [-0.1, -0.05) is 12.8 Å². The molecule has 3 heterocycles. The van der Waals surface area contributed by atoms with Gasteiger partial charge in [-0.05, 0) is 74.6 Å². The first-order valence-electron chi connectivity index (χ1n) is 9.22. The maximum atomic E-state index is 13.0. The molecule has 0 spiro atoms. The zero-order chi connectivity index (χ0) is 16.9. The van der Waals surface area contributed by atoms with E-state index in [1.54, 1.807) is 6.20 Å². The zero-order valence-electron chi connectivity index (χ0n) is 14.6. The number of halogens is 1. The summed E-state index contributed by atoms with van der Waals surface area (Å²) in [4.78, 5) is 22.3. The second-order valence-electron chi connectivity index (χ2n) is 8.05. The average Bonchev–Trinajstić information content (AvgIpc) is 2.70. The van der Waals surface area contributed by atoms with Gasteiger partial charge in [-0.2, -0.15) is 0 Å². The van der Waals surface area contributed by atoms with Gasteiger partial charge in [0.2, 0.25) is 5.91 Å². The highest BCUT2D eigenvalue weighted by Crippen LogP contribution is 2.46. The standard InChI is InChI=1S/C19H26BrN3O/c1-19(2)17-16(9-13(20)12-21-17)23(18(19)24)15-10-14(11-15)22-7-5-3-4-6-8-22/h9,12,14-15H,3-8,10-11H2,1-2H3. The molecule has 1 amide bonds. The van der Waals surface area contributed by atoms with Crippen LogP contribution in [0.4, 0.5) is 5.69 Å². The molecule has 0 atom stereocenters. The third-order valence-corrected chi connectivity index (χ3v) is 6.48. The third-order valence-electron chi connectivity index (χ3n) is 6.05. The Morgan fingerprint density at radius 1 is 1.12 bits per heavy atom. The number of amides is 1. The number of rotatable bonds is 2. The zero-order valence-corrected chi connectivity index (χ0v) is 16.2. The first-order valence-corrected chi connectivity index (χ1v) is 10.0. The summed E-state index contributed by atoms with van der Waals surface area (Å²) in [6.45, 7) is 6.47. The Morgan fingerprint density at radius 2 is 1.79 bits per heavy atom. The van der Waals surface area contributed by atoms with E-state index in [0.717, 1.165) is 28.7 Å². The molecule has 1 saturated carbocycles. The number of carbonyl (C=O) groups excluding carboxylic acids is 1. The Morgan fingerprint density at radius 3 is 2.46 bits per heavy atom. The molecule has 0 aromatic carbocycles. The van der Waals surface area contributed by atoms with Crippen LogP contribution in [0, 0.1) is 0 Å². The van der Waals surface area contributed by atoms with Gasteiger partial charge in [-0.25, -0.2) is 0 Å². The number of carbonyl (C=O) groups is 1. The van der Waals surface area contributed by atoms with E-state index >= 15 is 0 Å². The normalized spacial score (nSPS) is 30.0. The predicted molar refractivity (Wildman–Crippen MR) is 99.3 cm³/mol. The van der Waals surface area contributed by atoms with E-state index in [0.29, 0.717) is 12.1 Å². The Kier molecular flexibility index (Phi) is 4.20. The summed E-state index contributed by atoms with van der Waals surface area (Å²) in [5.74, 6) is 0.211. The van der Waals surface area contributed by atoms with Crippen LogP contribution >= 0.6 is 15.9 Å². The van der Waals surface area contributed by atoms with Crippen LogP contribution in [0.5, 0.6) is 0 Å². The molecule has 2 fully saturated rings. The lowest BCUT2D eigenvalue weighted by atomic mass is 9.83. The number of hydrogen-bond acceptors (Lipinski definition) is 3. The molecule has 5 heteroatoms. The summed E-state index contributed by atoms with van der Waals surface area (Å²) < 4.78 is 0.945. The van der Waals surface area contributed by atoms with Crippen LogP contribution in [0.15, 0.2) is 16.7 Å². The fraction of sp³-hybridized carbons (Fsp3) is 0.684. The molecule has 1 saturated heterocycles. The molecule has 130 valence electrons. The molecule has 0 bridgehead atoms. The lowest BCUT2D eigenvalue weighted by Gasteiger charge is -2.46. The van der Waals surface area contributed by atoms with Crippen LogP contribution in [0.2, 0.25) is 0 Å². The van der Waals surface area contributed by atoms with E-state index in [1.165, 1.54) is 38.8 Å². The number of pyridine rings is 1. The molecule has 24 heavy (non-hydrogen) atoms. The Labute approximate surface area is 152 Å². The maximum Gasteiger partial charge on any atom is 0.239 e. The summed E-state index contributed by atoms with van der Waals surface area (Å²) in [6.07, 6.45) is 9.42. The van der Waals surface area contributed by atoms with Gasteiger partial charge in [-0.3, -0.25) is 9.78 Å². The number of fused-ring (bicyclic) bond motifs is 1. The minimum absolute atomic E-state index is 0.211. The second-order valence-corrected chi connectivity index (χ2v) is 8.97. The molecule has 1 aromatic heterocycles. The first kappa shape index (κ1) is 16.5. The SMILES string of the molecule is CC1(C)C(=O)N(C2CC(N3CCCCCC3)C2)c2cc(Br)cnc21. The van der Waals surface area contributed by atoms with Crippen LogP contribution in [-0.4, -0.2) is 41.0 Å². The molecular formula is C19H26BrN3O. The van der Waals surface area contributed by atoms with Crippen LogP contribution in [-0.2, 0) is 10.2 Å². The van der Waals surface area contributed by atoms with Crippen LogP contribution in [0.1, 0.15) is 58.1 Å². The van der Waals surface area contributed by atoms with Gasteiger partial charge in [0.05, 0.1) is 16.8 Å². The highest BCUT2D eigenvalue weighted by molar-refractivity contribution is 9.10. The topological polar surface area (TPSA) is 36.4 Å². The van der Waals surface area contributed by atoms with Crippen molar-refractivity contribution in [2.45, 2.75) is 69.9 Å². The quantitative estimate of drug-likeness (QED) is 0.767. The van der Waals surface area contributed by atoms with Gasteiger partial charge >= 0.3 is 0 Å². The Balaban J connectivity index is 1.52. The molecule has 0 N–H and O–H groups in total. The molecule has 2 aliphatic heterocycles. The molecule has 1 aliphatic carbocycles. The molecule has 4 nitrogen and oxygen atoms in total. The molecule has 1 aromatic rings. The molecule has 3 aliphatic rings. The summed E-state index contributed by atoms with van der Waals surface area (Å²) in [5, 5.41) is 0. The number of hydrogen-bond donors (Lipinski definition) is 0. The fourth-order valence-corrected chi connectivity index (χ4v) is 4.82. The minimum Gasteiger partial charge on any atom is -0.307 e. The van der Waals surface area contributed by atoms with Crippen molar-refractivity contribution in [3.05, 3.63) is 22.4 Å². The van der Waals surface area contributed by atoms with Gasteiger partial charge < -0.3 is 9.80 Å². The van der Waals surface area contributed by atoms with E-state index in [1.807, 2.05) is 18.7 Å². The highest BCUT2D eigenvalue weighted by Gasteiger charge is 2.51. The fourth-order valence-electron chi connectivity index (χ4n) is 4.50. The summed E-state index contributed by atoms with van der Waals surface area (Å²) in [6, 6.07) is 3.06. The molecule has 0 unspecified atom stereocenters. The van der Waals surface area contributed by atoms with Crippen molar-refractivity contribution in [2.24, 2.45) is 0 Å². The van der Waals surface area contributed by atoms with E-state index in [4.69, 9.17) is 0 Å². The van der Waals surface area contributed by atoms with E-state index in [2.05, 4.69) is 31.9 Å². The largest absolute Gasteiger partial charge is 0.307 e. The molecule has 0 radical (unpaired) electrons. The van der Waals surface area contributed by atoms with Crippen molar-refractivity contribution in [2.75, 3.05) is 18.0 Å². The van der Waals surface area contributed by atoms with Crippen molar-refractivity contribution in [1.82, 2.24) is 9.88 Å². The molecular weight excluding hydrogens is 366 g/mol. The summed E-state index contributed by atoms with van der Waals surface area (Å²) in [5.41, 5.74) is 1.43. The number of nitrogens with zero attached hydrogens (tertiary/aromatic N) is 3. The minimum atomic E-state index is -0.510. The Bertz CT molecular complexity index is 646. The number of likely N-dealkylation sites (tertiary alicyclic amines) is 1. The van der Waals surface area contributed by atoms with E-state index in [9.17, 15) is 4.79 Å². The van der Waals surface area contributed by atoms with Crippen molar-refractivity contribution in [3.8, 4) is 0 Å². The van der Waals surface area contributed by atoms with Crippen molar-refractivity contribution in [3.63, 3.8) is 0 Å². The van der Waals surface area contributed by atoms with Crippen molar-refractivity contribution >= 4 is 27.5 Å². The lowest BCUT2D eigenvalue weighted by molar-refractivity contribution is -0.123. The number of aromatic nitrogens is 1. The summed E-state index contributed by atoms with van der Waals surface area (Å²) >= 11 is 3.51. The molecule has 4 rings (SSSR count). The van der Waals surface area contributed by atoms with Gasteiger partial charge in [-0.15, -0.1) is 0 Å². The van der Waals surface area contributed by atoms with Crippen molar-refractivity contribution in [1.29, 1.82) is 0 Å². The van der Waals surface area contributed by atoms with Crippen LogP contribution < -0.4 is 4.90 Å². The number of anilines is 1. The Hall–Kier alpha value is -0.940. The predicted octanol–water partition coefficient (Wildman–Crippen LogP) is 3.88. The van der Waals surface area contributed by atoms with Gasteiger partial charge in [0.15, 0.2) is 0 Å². The maximum absolute atomic E-state index is 13.0. The van der Waals surface area contributed by atoms with Gasteiger partial charge in [0, 0.05) is 22.8 Å². The monoisotopic (exact) mass is 391 g/mol. The second kappa shape index (κ2) is 6.10. The average molecular weight is 392 g/mol. The van der Waals surface area contributed by atoms with E-state index in [-0.39, 0.29) is 5.91 Å². The van der Waals surface area contributed by atoms with Crippen LogP contribution in [0.3, 0.4) is 0 Å². The first-order chi connectivity index (χ1) is 11.5. The van der Waals surface area contributed by atoms with Crippen molar-refractivity contribution < 1.29 is 4.79 Å². The van der Waals surface area contributed by atoms with Gasteiger partial charge in [0.1, 0.15) is 0 Å². The highest BCUT2D eigenvalue weighted by atomic mass is 79.9. The van der Waals surface area contributed by atoms with Crippen LogP contribution in [0.25, 0.3) is 0 Å². The van der Waals surface area contributed by atoms with Gasteiger partial charge in [0.25, 0.3) is 0 Å². The summed E-state index contributed by atoms with van der Waals surface area (Å²) in [7, 11) is 0.